The van der Waals surface area contributed by atoms with E-state index in [0.717, 1.165) is 23.6 Å². The molecule has 0 spiro atoms. The van der Waals surface area contributed by atoms with Gasteiger partial charge in [-0.05, 0) is 41.2 Å². The summed E-state index contributed by atoms with van der Waals surface area (Å²) in [6.07, 6.45) is 0.871. The number of hydrogen-bond donors (Lipinski definition) is 1. The van der Waals surface area contributed by atoms with Crippen molar-refractivity contribution < 1.29 is 18.9 Å². The van der Waals surface area contributed by atoms with Gasteiger partial charge in [0, 0.05) is 18.6 Å². The first-order valence-electron chi connectivity index (χ1n) is 6.94. The molecule has 0 aliphatic carbocycles. The molecule has 0 bridgehead atoms. The van der Waals surface area contributed by atoms with E-state index in [-0.39, 0.29) is 22.8 Å². The van der Waals surface area contributed by atoms with Crippen LogP contribution in [0.2, 0.25) is 5.02 Å². The van der Waals surface area contributed by atoms with Gasteiger partial charge in [0.05, 0.1) is 5.02 Å². The minimum absolute atomic E-state index is 0.103. The Labute approximate surface area is 132 Å². The molecule has 3 nitrogen and oxygen atoms in total. The van der Waals surface area contributed by atoms with Gasteiger partial charge in [-0.3, -0.25) is 4.79 Å². The largest absolute Gasteiger partial charge is 0.491 e. The molecular formula is C16H13BClFO3. The lowest BCUT2D eigenvalue weighted by Crippen LogP contribution is -2.41. The molecule has 0 saturated carbocycles. The lowest BCUT2D eigenvalue weighted by molar-refractivity contribution is 0.0993. The smallest absolute Gasteiger partial charge is 0.423 e. The first kappa shape index (κ1) is 15.2. The van der Waals surface area contributed by atoms with Crippen molar-refractivity contribution in [3.63, 3.8) is 0 Å². The first-order valence-corrected chi connectivity index (χ1v) is 7.32. The molecule has 0 unspecified atom stereocenters. The Kier molecular flexibility index (Phi) is 4.29. The summed E-state index contributed by atoms with van der Waals surface area (Å²) in [4.78, 5) is 12.3. The van der Waals surface area contributed by atoms with Crippen LogP contribution in [0.4, 0.5) is 4.39 Å². The zero-order valence-corrected chi connectivity index (χ0v) is 12.4. The van der Waals surface area contributed by atoms with E-state index in [9.17, 15) is 14.2 Å². The summed E-state index contributed by atoms with van der Waals surface area (Å²) in [6.45, 7) is 0.484. The molecule has 0 fully saturated rings. The Morgan fingerprint density at radius 3 is 2.91 bits per heavy atom. The van der Waals surface area contributed by atoms with E-state index in [4.69, 9.17) is 16.3 Å². The lowest BCUT2D eigenvalue weighted by atomic mass is 9.73. The average molecular weight is 319 g/mol. The molecule has 112 valence electrons. The third-order valence-electron chi connectivity index (χ3n) is 3.72. The third kappa shape index (κ3) is 3.07. The molecular weight excluding hydrogens is 305 g/mol. The zero-order valence-electron chi connectivity index (χ0n) is 11.7. The summed E-state index contributed by atoms with van der Waals surface area (Å²) < 4.78 is 18.2. The molecule has 0 radical (unpaired) electrons. The maximum atomic E-state index is 13.0. The van der Waals surface area contributed by atoms with Crippen LogP contribution in [-0.2, 0) is 17.5 Å². The molecule has 1 N–H and O–H groups in total. The standard InChI is InChI=1S/C16H13BClFO3/c18-15-9-12(19)3-4-13(15)16(20)8-10-1-2-11-5-6-22-17(21)14(11)7-10/h1-4,7,9,21H,5-6,8H2. The van der Waals surface area contributed by atoms with Crippen molar-refractivity contribution in [3.8, 4) is 0 Å². The van der Waals surface area contributed by atoms with Gasteiger partial charge >= 0.3 is 7.12 Å². The summed E-state index contributed by atoms with van der Waals surface area (Å²) in [7, 11) is -0.951. The highest BCUT2D eigenvalue weighted by atomic mass is 35.5. The minimum atomic E-state index is -0.951. The molecule has 0 atom stereocenters. The van der Waals surface area contributed by atoms with E-state index in [1.807, 2.05) is 12.1 Å². The first-order chi connectivity index (χ1) is 10.5. The monoisotopic (exact) mass is 318 g/mol. The Morgan fingerprint density at radius 1 is 1.32 bits per heavy atom. The Morgan fingerprint density at radius 2 is 2.14 bits per heavy atom. The van der Waals surface area contributed by atoms with E-state index < -0.39 is 12.9 Å². The van der Waals surface area contributed by atoms with Crippen LogP contribution < -0.4 is 5.46 Å². The van der Waals surface area contributed by atoms with Gasteiger partial charge in [-0.25, -0.2) is 4.39 Å². The summed E-state index contributed by atoms with van der Waals surface area (Å²) in [6, 6.07) is 9.25. The van der Waals surface area contributed by atoms with Gasteiger partial charge in [0.25, 0.3) is 0 Å². The molecule has 1 aliphatic heterocycles. The molecule has 2 aromatic rings. The number of carbonyl (C=O) groups excluding carboxylic acids is 1. The number of halogens is 2. The summed E-state index contributed by atoms with van der Waals surface area (Å²) in [5.41, 5.74) is 2.77. The number of hydrogen-bond acceptors (Lipinski definition) is 3. The van der Waals surface area contributed by atoms with Gasteiger partial charge in [0.15, 0.2) is 5.78 Å². The average Bonchev–Trinajstić information content (AvgIpc) is 2.48. The van der Waals surface area contributed by atoms with Crippen LogP contribution in [0.25, 0.3) is 0 Å². The molecule has 3 rings (SSSR count). The van der Waals surface area contributed by atoms with Gasteiger partial charge in [0.1, 0.15) is 5.82 Å². The molecule has 22 heavy (non-hydrogen) atoms. The molecule has 0 amide bonds. The van der Waals surface area contributed by atoms with E-state index in [1.54, 1.807) is 6.07 Å². The Bertz CT molecular complexity index is 735. The van der Waals surface area contributed by atoms with Gasteiger partial charge < -0.3 is 9.68 Å². The summed E-state index contributed by atoms with van der Waals surface area (Å²) in [5, 5.41) is 9.94. The van der Waals surface area contributed by atoms with Crippen molar-refractivity contribution in [1.82, 2.24) is 0 Å². The van der Waals surface area contributed by atoms with Gasteiger partial charge in [0.2, 0.25) is 0 Å². The van der Waals surface area contributed by atoms with Crippen LogP contribution in [0.3, 0.4) is 0 Å². The summed E-state index contributed by atoms with van der Waals surface area (Å²) >= 11 is 5.91. The number of ketones is 1. The van der Waals surface area contributed by atoms with Gasteiger partial charge in [-0.15, -0.1) is 0 Å². The van der Waals surface area contributed by atoms with Crippen molar-refractivity contribution in [2.45, 2.75) is 12.8 Å². The maximum absolute atomic E-state index is 13.0. The topological polar surface area (TPSA) is 46.5 Å². The molecule has 6 heteroatoms. The van der Waals surface area contributed by atoms with Crippen molar-refractivity contribution >= 4 is 30.0 Å². The number of benzene rings is 2. The predicted octanol–water partition coefficient (Wildman–Crippen LogP) is 2.16. The van der Waals surface area contributed by atoms with Crippen molar-refractivity contribution in [2.24, 2.45) is 0 Å². The second-order valence-electron chi connectivity index (χ2n) is 5.23. The lowest BCUT2D eigenvalue weighted by Gasteiger charge is -2.19. The number of carbonyl (C=O) groups is 1. The van der Waals surface area contributed by atoms with Crippen molar-refractivity contribution in [1.29, 1.82) is 0 Å². The normalized spacial score (nSPS) is 13.9. The number of rotatable bonds is 3. The van der Waals surface area contributed by atoms with Crippen molar-refractivity contribution in [2.75, 3.05) is 6.61 Å². The van der Waals surface area contributed by atoms with Crippen molar-refractivity contribution in [3.05, 3.63) is 63.9 Å². The Balaban J connectivity index is 1.84. The van der Waals surface area contributed by atoms with Gasteiger partial charge in [-0.1, -0.05) is 29.8 Å². The molecule has 0 saturated heterocycles. The predicted molar refractivity (Wildman–Crippen MR) is 83.1 cm³/mol. The zero-order chi connectivity index (χ0) is 15.7. The highest BCUT2D eigenvalue weighted by molar-refractivity contribution is 6.60. The number of fused-ring (bicyclic) bond motifs is 1. The van der Waals surface area contributed by atoms with Crippen LogP contribution in [0.1, 0.15) is 21.5 Å². The van der Waals surface area contributed by atoms with E-state index >= 15 is 0 Å². The van der Waals surface area contributed by atoms with E-state index in [0.29, 0.717) is 12.1 Å². The number of Topliss-reactive ketones (excluding diaryl/α,β-unsaturated/α-hetero) is 1. The van der Waals surface area contributed by atoms with E-state index in [2.05, 4.69) is 0 Å². The highest BCUT2D eigenvalue weighted by Gasteiger charge is 2.25. The molecule has 1 aliphatic rings. The third-order valence-corrected chi connectivity index (χ3v) is 4.03. The molecule has 2 aromatic carbocycles. The Hall–Kier alpha value is -1.69. The fourth-order valence-electron chi connectivity index (χ4n) is 2.58. The summed E-state index contributed by atoms with van der Waals surface area (Å²) in [5.74, 6) is -0.674. The quantitative estimate of drug-likeness (QED) is 0.697. The minimum Gasteiger partial charge on any atom is -0.423 e. The highest BCUT2D eigenvalue weighted by Crippen LogP contribution is 2.19. The second kappa shape index (κ2) is 6.20. The van der Waals surface area contributed by atoms with Crippen LogP contribution in [0, 0.1) is 5.82 Å². The SMILES string of the molecule is O=C(Cc1ccc2c(c1)B(O)OCC2)c1ccc(F)cc1Cl. The van der Waals surface area contributed by atoms with Crippen LogP contribution in [-0.4, -0.2) is 24.5 Å². The van der Waals surface area contributed by atoms with Crippen LogP contribution >= 0.6 is 11.6 Å². The molecule has 0 aromatic heterocycles. The van der Waals surface area contributed by atoms with E-state index in [1.165, 1.54) is 12.1 Å². The fraction of sp³-hybridized carbons (Fsp3) is 0.188. The maximum Gasteiger partial charge on any atom is 0.491 e. The van der Waals surface area contributed by atoms with Crippen LogP contribution in [0.15, 0.2) is 36.4 Å². The fourth-order valence-corrected chi connectivity index (χ4v) is 2.85. The van der Waals surface area contributed by atoms with Gasteiger partial charge in [-0.2, -0.15) is 0 Å². The molecule has 1 heterocycles. The van der Waals surface area contributed by atoms with Crippen LogP contribution in [0.5, 0.6) is 0 Å². The second-order valence-corrected chi connectivity index (χ2v) is 5.64.